The fourth-order valence-corrected chi connectivity index (χ4v) is 2.04. The van der Waals surface area contributed by atoms with E-state index in [1.165, 1.54) is 0 Å². The Morgan fingerprint density at radius 1 is 1.33 bits per heavy atom. The summed E-state index contributed by atoms with van der Waals surface area (Å²) >= 11 is 0. The van der Waals surface area contributed by atoms with Crippen LogP contribution in [0, 0.1) is 0 Å². The molecule has 4 nitrogen and oxygen atoms in total. The van der Waals surface area contributed by atoms with Crippen LogP contribution in [0.4, 0.5) is 5.69 Å². The summed E-state index contributed by atoms with van der Waals surface area (Å²) in [5.41, 5.74) is 8.10. The third-order valence-corrected chi connectivity index (χ3v) is 2.92. The number of nitrogens with zero attached hydrogens (tertiary/aromatic N) is 2. The highest BCUT2D eigenvalue weighted by Crippen LogP contribution is 2.18. The van der Waals surface area contributed by atoms with Crippen LogP contribution in [0.3, 0.4) is 0 Å². The molecule has 4 heteroatoms. The van der Waals surface area contributed by atoms with Crippen LogP contribution >= 0.6 is 0 Å². The molecule has 1 unspecified atom stereocenters. The molecule has 0 saturated carbocycles. The Morgan fingerprint density at radius 2 is 2.11 bits per heavy atom. The second-order valence-corrected chi connectivity index (χ2v) is 4.31. The molecule has 3 N–H and O–H groups in total. The van der Waals surface area contributed by atoms with Gasteiger partial charge in [0, 0.05) is 18.8 Å². The molecule has 0 amide bonds. The number of nitrogens with one attached hydrogen (secondary N) is 1. The third kappa shape index (κ3) is 2.90. The SMILES string of the molecule is CCCn1cncc1C(CN)Nc1ccccc1. The van der Waals surface area contributed by atoms with Crippen molar-refractivity contribution >= 4 is 5.69 Å². The molecule has 2 aromatic rings. The zero-order chi connectivity index (χ0) is 12.8. The molecule has 0 saturated heterocycles. The first-order valence-electron chi connectivity index (χ1n) is 6.36. The van der Waals surface area contributed by atoms with Crippen LogP contribution in [0.1, 0.15) is 25.1 Å². The molecule has 1 heterocycles. The van der Waals surface area contributed by atoms with Gasteiger partial charge in [0.15, 0.2) is 0 Å². The van der Waals surface area contributed by atoms with Crippen LogP contribution < -0.4 is 11.1 Å². The van der Waals surface area contributed by atoms with Crippen molar-refractivity contribution in [2.75, 3.05) is 11.9 Å². The van der Waals surface area contributed by atoms with Gasteiger partial charge in [-0.3, -0.25) is 0 Å². The van der Waals surface area contributed by atoms with Gasteiger partial charge in [-0.15, -0.1) is 0 Å². The van der Waals surface area contributed by atoms with Crippen molar-refractivity contribution in [1.29, 1.82) is 0 Å². The molecule has 96 valence electrons. The minimum atomic E-state index is 0.0986. The lowest BCUT2D eigenvalue weighted by Crippen LogP contribution is -2.23. The van der Waals surface area contributed by atoms with E-state index in [2.05, 4.69) is 21.8 Å². The summed E-state index contributed by atoms with van der Waals surface area (Å²) in [5.74, 6) is 0. The van der Waals surface area contributed by atoms with Crippen LogP contribution in [0.2, 0.25) is 0 Å². The predicted molar refractivity (Wildman–Crippen MR) is 74.4 cm³/mol. The number of aryl methyl sites for hydroxylation is 1. The molecule has 0 aliphatic heterocycles. The topological polar surface area (TPSA) is 55.9 Å². The van der Waals surface area contributed by atoms with Gasteiger partial charge < -0.3 is 15.6 Å². The van der Waals surface area contributed by atoms with Crippen molar-refractivity contribution in [2.45, 2.75) is 25.9 Å². The highest BCUT2D eigenvalue weighted by Gasteiger charge is 2.13. The Morgan fingerprint density at radius 3 is 2.78 bits per heavy atom. The number of benzene rings is 1. The lowest BCUT2D eigenvalue weighted by molar-refractivity contribution is 0.613. The van der Waals surface area contributed by atoms with Crippen molar-refractivity contribution in [3.63, 3.8) is 0 Å². The van der Waals surface area contributed by atoms with Crippen molar-refractivity contribution in [2.24, 2.45) is 5.73 Å². The van der Waals surface area contributed by atoms with E-state index in [4.69, 9.17) is 5.73 Å². The Balaban J connectivity index is 2.15. The van der Waals surface area contributed by atoms with Crippen molar-refractivity contribution in [1.82, 2.24) is 9.55 Å². The van der Waals surface area contributed by atoms with Gasteiger partial charge in [0.1, 0.15) is 0 Å². The predicted octanol–water partition coefficient (Wildman–Crippen LogP) is 2.41. The first-order chi connectivity index (χ1) is 8.85. The van der Waals surface area contributed by atoms with Crippen molar-refractivity contribution in [3.05, 3.63) is 48.5 Å². The van der Waals surface area contributed by atoms with Gasteiger partial charge >= 0.3 is 0 Å². The van der Waals surface area contributed by atoms with Gasteiger partial charge in [0.25, 0.3) is 0 Å². The highest BCUT2D eigenvalue weighted by atomic mass is 15.1. The summed E-state index contributed by atoms with van der Waals surface area (Å²) in [5, 5.41) is 3.44. The zero-order valence-electron chi connectivity index (χ0n) is 10.7. The first-order valence-corrected chi connectivity index (χ1v) is 6.36. The normalized spacial score (nSPS) is 12.3. The smallest absolute Gasteiger partial charge is 0.0948 e. The molecular weight excluding hydrogens is 224 g/mol. The minimum absolute atomic E-state index is 0.0986. The van der Waals surface area contributed by atoms with E-state index in [1.807, 2.05) is 42.9 Å². The van der Waals surface area contributed by atoms with Gasteiger partial charge in [-0.05, 0) is 18.6 Å². The second-order valence-electron chi connectivity index (χ2n) is 4.31. The molecular formula is C14H20N4. The van der Waals surface area contributed by atoms with Crippen LogP contribution in [0.15, 0.2) is 42.9 Å². The van der Waals surface area contributed by atoms with Crippen LogP contribution in [-0.2, 0) is 6.54 Å². The second kappa shape index (κ2) is 6.21. The summed E-state index contributed by atoms with van der Waals surface area (Å²) in [6.45, 7) is 3.68. The third-order valence-electron chi connectivity index (χ3n) is 2.92. The lowest BCUT2D eigenvalue weighted by atomic mass is 10.2. The molecule has 1 atom stereocenters. The number of para-hydroxylation sites is 1. The van der Waals surface area contributed by atoms with E-state index in [1.54, 1.807) is 0 Å². The average molecular weight is 244 g/mol. The summed E-state index contributed by atoms with van der Waals surface area (Å²) in [7, 11) is 0. The fourth-order valence-electron chi connectivity index (χ4n) is 2.04. The van der Waals surface area contributed by atoms with E-state index >= 15 is 0 Å². The van der Waals surface area contributed by atoms with Crippen molar-refractivity contribution < 1.29 is 0 Å². The van der Waals surface area contributed by atoms with E-state index in [0.717, 1.165) is 24.3 Å². The molecule has 0 aliphatic rings. The van der Waals surface area contributed by atoms with E-state index in [-0.39, 0.29) is 6.04 Å². The van der Waals surface area contributed by atoms with Gasteiger partial charge in [0.2, 0.25) is 0 Å². The maximum atomic E-state index is 5.87. The average Bonchev–Trinajstić information content (AvgIpc) is 2.86. The van der Waals surface area contributed by atoms with Crippen LogP contribution in [0.5, 0.6) is 0 Å². The lowest BCUT2D eigenvalue weighted by Gasteiger charge is -2.19. The Kier molecular flexibility index (Phi) is 4.36. The monoisotopic (exact) mass is 244 g/mol. The number of aromatic nitrogens is 2. The molecule has 0 bridgehead atoms. The number of nitrogens with two attached hydrogens (primary N) is 1. The van der Waals surface area contributed by atoms with Crippen LogP contribution in [0.25, 0.3) is 0 Å². The molecule has 0 fully saturated rings. The van der Waals surface area contributed by atoms with E-state index in [0.29, 0.717) is 6.54 Å². The number of rotatable bonds is 6. The first kappa shape index (κ1) is 12.6. The number of hydrogen-bond acceptors (Lipinski definition) is 3. The van der Waals surface area contributed by atoms with Crippen molar-refractivity contribution in [3.8, 4) is 0 Å². The molecule has 0 spiro atoms. The fraction of sp³-hybridized carbons (Fsp3) is 0.357. The van der Waals surface area contributed by atoms with E-state index in [9.17, 15) is 0 Å². The Hall–Kier alpha value is -1.81. The van der Waals surface area contributed by atoms with Gasteiger partial charge in [-0.1, -0.05) is 25.1 Å². The summed E-state index contributed by atoms with van der Waals surface area (Å²) in [6, 6.07) is 10.2. The molecule has 0 radical (unpaired) electrons. The summed E-state index contributed by atoms with van der Waals surface area (Å²) in [6.07, 6.45) is 4.85. The largest absolute Gasteiger partial charge is 0.375 e. The maximum Gasteiger partial charge on any atom is 0.0948 e. The van der Waals surface area contributed by atoms with Gasteiger partial charge in [-0.2, -0.15) is 0 Å². The summed E-state index contributed by atoms with van der Waals surface area (Å²) < 4.78 is 2.16. The highest BCUT2D eigenvalue weighted by molar-refractivity contribution is 5.44. The summed E-state index contributed by atoms with van der Waals surface area (Å²) in [4.78, 5) is 4.22. The van der Waals surface area contributed by atoms with Gasteiger partial charge in [-0.25, -0.2) is 4.98 Å². The number of hydrogen-bond donors (Lipinski definition) is 2. The Labute approximate surface area is 108 Å². The molecule has 1 aromatic carbocycles. The zero-order valence-corrected chi connectivity index (χ0v) is 10.7. The number of anilines is 1. The molecule has 2 rings (SSSR count). The van der Waals surface area contributed by atoms with Gasteiger partial charge in [0.05, 0.1) is 24.3 Å². The van der Waals surface area contributed by atoms with E-state index < -0.39 is 0 Å². The molecule has 0 aliphatic carbocycles. The Bertz CT molecular complexity index is 464. The molecule has 1 aromatic heterocycles. The van der Waals surface area contributed by atoms with Crippen LogP contribution in [-0.4, -0.2) is 16.1 Å². The standard InChI is InChI=1S/C14H20N4/c1-2-8-18-11-16-10-14(18)13(9-15)17-12-6-4-3-5-7-12/h3-7,10-11,13,17H,2,8-9,15H2,1H3. The quantitative estimate of drug-likeness (QED) is 0.820. The molecule has 18 heavy (non-hydrogen) atoms. The maximum absolute atomic E-state index is 5.87. The number of imidazole rings is 1. The minimum Gasteiger partial charge on any atom is -0.375 e.